The molecule has 4 aromatic rings. The minimum atomic E-state index is 0.111. The Labute approximate surface area is 183 Å². The monoisotopic (exact) mass is 416 g/mol. The molecule has 0 aliphatic rings. The van der Waals surface area contributed by atoms with Crippen molar-refractivity contribution < 1.29 is 0 Å². The Hall–Kier alpha value is -1.90. The summed E-state index contributed by atoms with van der Waals surface area (Å²) in [5.41, 5.74) is 0. The molecule has 29 heavy (non-hydrogen) atoms. The number of hydrogen-bond donors (Lipinski definition) is 0. The van der Waals surface area contributed by atoms with Gasteiger partial charge in [-0.15, -0.1) is 23.5 Å². The standard InChI is InChI=1S/C27H28S2/c1-3-4-9-18-27(2,28-25-16-14-21-10-5-7-12-23(21)19-25)29-26-17-15-22-11-6-8-13-24(22)20-26/h5-8,10-17,19-20H,3-4,9,18H2,1-2H3. The van der Waals surface area contributed by atoms with Crippen molar-refractivity contribution in [3.8, 4) is 0 Å². The van der Waals surface area contributed by atoms with Crippen LogP contribution in [0.15, 0.2) is 94.7 Å². The molecule has 0 saturated carbocycles. The van der Waals surface area contributed by atoms with Gasteiger partial charge in [0.05, 0.1) is 4.08 Å². The quantitative estimate of drug-likeness (QED) is 0.159. The number of benzene rings is 4. The van der Waals surface area contributed by atoms with Crippen LogP contribution in [0.4, 0.5) is 0 Å². The smallest absolute Gasteiger partial charge is 0.0677 e. The van der Waals surface area contributed by atoms with Crippen LogP contribution in [0.2, 0.25) is 0 Å². The van der Waals surface area contributed by atoms with Gasteiger partial charge in [-0.1, -0.05) is 86.8 Å². The summed E-state index contributed by atoms with van der Waals surface area (Å²) >= 11 is 4.04. The van der Waals surface area contributed by atoms with E-state index in [1.54, 1.807) is 0 Å². The molecular formula is C27H28S2. The lowest BCUT2D eigenvalue weighted by atomic mass is 10.1. The van der Waals surface area contributed by atoms with Crippen LogP contribution in [0.5, 0.6) is 0 Å². The Morgan fingerprint density at radius 3 is 1.59 bits per heavy atom. The van der Waals surface area contributed by atoms with Crippen molar-refractivity contribution in [1.29, 1.82) is 0 Å². The highest BCUT2D eigenvalue weighted by Crippen LogP contribution is 2.49. The highest BCUT2D eigenvalue weighted by Gasteiger charge is 2.27. The molecule has 0 aliphatic carbocycles. The van der Waals surface area contributed by atoms with E-state index in [0.717, 1.165) is 0 Å². The van der Waals surface area contributed by atoms with Crippen molar-refractivity contribution in [2.45, 2.75) is 53.4 Å². The molecule has 148 valence electrons. The zero-order chi connectivity index (χ0) is 20.1. The van der Waals surface area contributed by atoms with Gasteiger partial charge in [0, 0.05) is 9.79 Å². The predicted molar refractivity (Wildman–Crippen MR) is 132 cm³/mol. The van der Waals surface area contributed by atoms with E-state index in [4.69, 9.17) is 0 Å². The zero-order valence-electron chi connectivity index (χ0n) is 17.2. The maximum atomic E-state index is 2.42. The summed E-state index contributed by atoms with van der Waals surface area (Å²) in [6.07, 6.45) is 5.04. The Kier molecular flexibility index (Phi) is 6.52. The lowest BCUT2D eigenvalue weighted by molar-refractivity contribution is 0.644. The van der Waals surface area contributed by atoms with E-state index in [1.807, 2.05) is 23.5 Å². The van der Waals surface area contributed by atoms with Crippen molar-refractivity contribution in [2.24, 2.45) is 0 Å². The van der Waals surface area contributed by atoms with Gasteiger partial charge in [0.25, 0.3) is 0 Å². The largest absolute Gasteiger partial charge is 0.108 e. The van der Waals surface area contributed by atoms with E-state index in [0.29, 0.717) is 0 Å². The fourth-order valence-corrected chi connectivity index (χ4v) is 6.66. The summed E-state index contributed by atoms with van der Waals surface area (Å²) in [7, 11) is 0. The van der Waals surface area contributed by atoms with Gasteiger partial charge in [-0.2, -0.15) is 0 Å². The number of fused-ring (bicyclic) bond motifs is 2. The molecular weight excluding hydrogens is 388 g/mol. The van der Waals surface area contributed by atoms with Gasteiger partial charge in [0.15, 0.2) is 0 Å². The molecule has 0 saturated heterocycles. The van der Waals surface area contributed by atoms with Crippen LogP contribution in [0.25, 0.3) is 21.5 Å². The van der Waals surface area contributed by atoms with E-state index in [-0.39, 0.29) is 4.08 Å². The van der Waals surface area contributed by atoms with E-state index in [1.165, 1.54) is 57.0 Å². The third kappa shape index (κ3) is 5.18. The van der Waals surface area contributed by atoms with Gasteiger partial charge in [-0.25, -0.2) is 0 Å². The van der Waals surface area contributed by atoms with Crippen LogP contribution in [-0.4, -0.2) is 4.08 Å². The molecule has 0 amide bonds. The number of hydrogen-bond acceptors (Lipinski definition) is 2. The van der Waals surface area contributed by atoms with Crippen LogP contribution in [0.3, 0.4) is 0 Å². The molecule has 0 nitrogen and oxygen atoms in total. The average molecular weight is 417 g/mol. The fourth-order valence-electron chi connectivity index (χ4n) is 3.78. The fraction of sp³-hybridized carbons (Fsp3) is 0.259. The SMILES string of the molecule is CCCCCC(C)(Sc1ccc2ccccc2c1)Sc1ccc2ccccc2c1. The number of unbranched alkanes of at least 4 members (excludes halogenated alkanes) is 2. The van der Waals surface area contributed by atoms with Crippen LogP contribution in [-0.2, 0) is 0 Å². The van der Waals surface area contributed by atoms with Gasteiger partial charge in [-0.05, 0) is 59.2 Å². The summed E-state index contributed by atoms with van der Waals surface area (Å²) in [5.74, 6) is 0. The lowest BCUT2D eigenvalue weighted by Crippen LogP contribution is -2.14. The summed E-state index contributed by atoms with van der Waals surface area (Å²) < 4.78 is 0.111. The van der Waals surface area contributed by atoms with E-state index >= 15 is 0 Å². The Balaban J connectivity index is 1.60. The highest BCUT2D eigenvalue weighted by atomic mass is 32.2. The summed E-state index contributed by atoms with van der Waals surface area (Å²) in [4.78, 5) is 2.71. The van der Waals surface area contributed by atoms with Gasteiger partial charge >= 0.3 is 0 Å². The molecule has 4 aromatic carbocycles. The van der Waals surface area contributed by atoms with E-state index in [9.17, 15) is 0 Å². The first-order valence-electron chi connectivity index (χ1n) is 10.5. The minimum absolute atomic E-state index is 0.111. The van der Waals surface area contributed by atoms with Crippen LogP contribution < -0.4 is 0 Å². The third-order valence-corrected chi connectivity index (χ3v) is 8.09. The number of thioether (sulfide) groups is 2. The Morgan fingerprint density at radius 2 is 1.10 bits per heavy atom. The second kappa shape index (κ2) is 9.28. The Bertz CT molecular complexity index is 1020. The van der Waals surface area contributed by atoms with Crippen LogP contribution >= 0.6 is 23.5 Å². The molecule has 0 radical (unpaired) electrons. The maximum Gasteiger partial charge on any atom is 0.0677 e. The molecule has 0 heterocycles. The van der Waals surface area contributed by atoms with E-state index < -0.39 is 0 Å². The zero-order valence-corrected chi connectivity index (χ0v) is 18.9. The summed E-state index contributed by atoms with van der Waals surface area (Å²) in [6, 6.07) is 31.0. The second-order valence-corrected chi connectivity index (χ2v) is 11.2. The first-order valence-corrected chi connectivity index (χ1v) is 12.1. The molecule has 0 N–H and O–H groups in total. The van der Waals surface area contributed by atoms with Gasteiger partial charge in [-0.3, -0.25) is 0 Å². The highest BCUT2D eigenvalue weighted by molar-refractivity contribution is 8.18. The van der Waals surface area contributed by atoms with Crippen molar-refractivity contribution in [1.82, 2.24) is 0 Å². The molecule has 0 atom stereocenters. The van der Waals surface area contributed by atoms with Crippen LogP contribution in [0.1, 0.15) is 39.5 Å². The molecule has 4 rings (SSSR count). The van der Waals surface area contributed by atoms with E-state index in [2.05, 4.69) is 98.8 Å². The topological polar surface area (TPSA) is 0 Å². The van der Waals surface area contributed by atoms with Crippen molar-refractivity contribution in [3.63, 3.8) is 0 Å². The van der Waals surface area contributed by atoms with Crippen molar-refractivity contribution >= 4 is 45.1 Å². The van der Waals surface area contributed by atoms with Gasteiger partial charge in [0.2, 0.25) is 0 Å². The molecule has 0 unspecified atom stereocenters. The Morgan fingerprint density at radius 1 is 0.621 bits per heavy atom. The minimum Gasteiger partial charge on any atom is -0.108 e. The van der Waals surface area contributed by atoms with Crippen molar-refractivity contribution in [3.05, 3.63) is 84.9 Å². The first-order chi connectivity index (χ1) is 14.1. The van der Waals surface area contributed by atoms with Gasteiger partial charge < -0.3 is 0 Å². The third-order valence-electron chi connectivity index (χ3n) is 5.34. The molecule has 0 bridgehead atoms. The van der Waals surface area contributed by atoms with Crippen LogP contribution in [0, 0.1) is 0 Å². The lowest BCUT2D eigenvalue weighted by Gasteiger charge is -2.29. The molecule has 0 fully saturated rings. The molecule has 0 aromatic heterocycles. The maximum absolute atomic E-state index is 2.42. The number of rotatable bonds is 8. The van der Waals surface area contributed by atoms with Crippen molar-refractivity contribution in [2.75, 3.05) is 0 Å². The normalized spacial score (nSPS) is 11.9. The molecule has 0 spiro atoms. The first kappa shape index (κ1) is 20.4. The summed E-state index contributed by atoms with van der Waals surface area (Å²) in [5, 5.41) is 5.27. The molecule has 0 aliphatic heterocycles. The summed E-state index contributed by atoms with van der Waals surface area (Å²) in [6.45, 7) is 4.70. The predicted octanol–water partition coefficient (Wildman–Crippen LogP) is 9.17. The van der Waals surface area contributed by atoms with Gasteiger partial charge in [0.1, 0.15) is 0 Å². The molecule has 2 heteroatoms. The average Bonchev–Trinajstić information content (AvgIpc) is 2.73. The second-order valence-electron chi connectivity index (χ2n) is 7.81.